The Morgan fingerprint density at radius 1 is 1.50 bits per heavy atom. The summed E-state index contributed by atoms with van der Waals surface area (Å²) in [4.78, 5) is 15.7. The number of benzene rings is 1. The quantitative estimate of drug-likeness (QED) is 0.752. The van der Waals surface area contributed by atoms with E-state index in [0.29, 0.717) is 28.0 Å². The molecule has 1 atom stereocenters. The highest BCUT2D eigenvalue weighted by Crippen LogP contribution is 2.39. The van der Waals surface area contributed by atoms with Gasteiger partial charge in [-0.05, 0) is 56.0 Å². The molecule has 5 nitrogen and oxygen atoms in total. The van der Waals surface area contributed by atoms with Crippen molar-refractivity contribution in [1.82, 2.24) is 4.90 Å². The first-order valence-electron chi connectivity index (χ1n) is 9.26. The molecule has 0 saturated heterocycles. The van der Waals surface area contributed by atoms with Crippen LogP contribution in [0, 0.1) is 17.2 Å². The van der Waals surface area contributed by atoms with Crippen molar-refractivity contribution < 1.29 is 9.53 Å². The Balaban J connectivity index is 1.66. The Bertz CT molecular complexity index is 919. The Hall–Kier alpha value is -2.07. The zero-order valence-corrected chi connectivity index (χ0v) is 17.9. The largest absolute Gasteiger partial charge is 0.496 e. The van der Waals surface area contributed by atoms with E-state index in [9.17, 15) is 10.1 Å². The summed E-state index contributed by atoms with van der Waals surface area (Å²) in [5.41, 5.74) is 2.68. The van der Waals surface area contributed by atoms with Crippen LogP contribution in [0.2, 0.25) is 5.02 Å². The van der Waals surface area contributed by atoms with Gasteiger partial charge in [-0.3, -0.25) is 9.69 Å². The highest BCUT2D eigenvalue weighted by atomic mass is 35.5. The summed E-state index contributed by atoms with van der Waals surface area (Å²) in [5.74, 6) is 1.23. The molecular weight excluding hydrogens is 394 g/mol. The number of anilines is 1. The SMILES string of the molecule is COc1ccc(Cl)cc1CN(C)CC(=O)Nc1sc2c(c1C#N)CC[C@@H](C)C2. The summed E-state index contributed by atoms with van der Waals surface area (Å²) < 4.78 is 5.37. The second kappa shape index (κ2) is 8.95. The predicted molar refractivity (Wildman–Crippen MR) is 113 cm³/mol. The number of halogens is 1. The van der Waals surface area contributed by atoms with Gasteiger partial charge in [0.15, 0.2) is 0 Å². The molecule has 0 unspecified atom stereocenters. The summed E-state index contributed by atoms with van der Waals surface area (Å²) in [6.07, 6.45) is 3.00. The van der Waals surface area contributed by atoms with Crippen LogP contribution in [0.1, 0.15) is 34.9 Å². The molecule has 28 heavy (non-hydrogen) atoms. The van der Waals surface area contributed by atoms with Crippen molar-refractivity contribution in [3.63, 3.8) is 0 Å². The van der Waals surface area contributed by atoms with Crippen molar-refractivity contribution in [2.24, 2.45) is 5.92 Å². The molecule has 0 fully saturated rings. The van der Waals surface area contributed by atoms with E-state index in [1.807, 2.05) is 24.1 Å². The van der Waals surface area contributed by atoms with E-state index >= 15 is 0 Å². The summed E-state index contributed by atoms with van der Waals surface area (Å²) >= 11 is 7.63. The van der Waals surface area contributed by atoms with E-state index in [0.717, 1.165) is 36.1 Å². The summed E-state index contributed by atoms with van der Waals surface area (Å²) in [5, 5.41) is 13.8. The number of hydrogen-bond acceptors (Lipinski definition) is 5. The number of nitriles is 1. The molecule has 3 rings (SSSR count). The molecule has 148 valence electrons. The van der Waals surface area contributed by atoms with Gasteiger partial charge in [0.2, 0.25) is 5.91 Å². The van der Waals surface area contributed by atoms with E-state index in [2.05, 4.69) is 18.3 Å². The number of thiophene rings is 1. The van der Waals surface area contributed by atoms with E-state index < -0.39 is 0 Å². The first-order chi connectivity index (χ1) is 13.4. The smallest absolute Gasteiger partial charge is 0.239 e. The zero-order chi connectivity index (χ0) is 20.3. The van der Waals surface area contributed by atoms with E-state index in [1.54, 1.807) is 24.5 Å². The molecule has 1 aromatic carbocycles. The van der Waals surface area contributed by atoms with Crippen LogP contribution in [-0.4, -0.2) is 31.5 Å². The van der Waals surface area contributed by atoms with Gasteiger partial charge in [-0.15, -0.1) is 11.3 Å². The third kappa shape index (κ3) is 4.67. The first kappa shape index (κ1) is 20.7. The van der Waals surface area contributed by atoms with Gasteiger partial charge in [0, 0.05) is 22.0 Å². The molecule has 1 aromatic heterocycles. The highest BCUT2D eigenvalue weighted by Gasteiger charge is 2.24. The molecule has 0 aliphatic heterocycles. The molecule has 0 radical (unpaired) electrons. The molecule has 7 heteroatoms. The number of carbonyl (C=O) groups excluding carboxylic acids is 1. The van der Waals surface area contributed by atoms with Crippen LogP contribution >= 0.6 is 22.9 Å². The third-order valence-electron chi connectivity index (χ3n) is 4.97. The summed E-state index contributed by atoms with van der Waals surface area (Å²) in [6, 6.07) is 7.73. The first-order valence-corrected chi connectivity index (χ1v) is 10.5. The van der Waals surface area contributed by atoms with Gasteiger partial charge in [-0.25, -0.2) is 0 Å². The van der Waals surface area contributed by atoms with Crippen LogP contribution in [0.15, 0.2) is 18.2 Å². The molecular formula is C21H24ClN3O2S. The highest BCUT2D eigenvalue weighted by molar-refractivity contribution is 7.16. The second-order valence-corrected chi connectivity index (χ2v) is 8.89. The maximum atomic E-state index is 12.6. The number of amides is 1. The monoisotopic (exact) mass is 417 g/mol. The standard InChI is InChI=1S/C21H24ClN3O2S/c1-13-4-6-16-17(10-23)21(28-19(16)8-13)24-20(26)12-25(2)11-14-9-15(22)5-7-18(14)27-3/h5,7,9,13H,4,6,8,11-12H2,1-3H3,(H,24,26)/t13-/m1/s1. The average Bonchev–Trinajstić information content (AvgIpc) is 2.97. The van der Waals surface area contributed by atoms with Gasteiger partial charge >= 0.3 is 0 Å². The minimum atomic E-state index is -0.133. The number of methoxy groups -OCH3 is 1. The fourth-order valence-electron chi connectivity index (χ4n) is 3.59. The van der Waals surface area contributed by atoms with Gasteiger partial charge in [-0.1, -0.05) is 18.5 Å². The Morgan fingerprint density at radius 2 is 2.29 bits per heavy atom. The fourth-order valence-corrected chi connectivity index (χ4v) is 5.16. The second-order valence-electron chi connectivity index (χ2n) is 7.34. The molecule has 0 saturated carbocycles. The average molecular weight is 418 g/mol. The number of ether oxygens (including phenoxy) is 1. The maximum Gasteiger partial charge on any atom is 0.239 e. The number of rotatable bonds is 6. The molecule has 0 spiro atoms. The normalized spacial score (nSPS) is 15.8. The van der Waals surface area contributed by atoms with Gasteiger partial charge < -0.3 is 10.1 Å². The van der Waals surface area contributed by atoms with Gasteiger partial charge in [0.25, 0.3) is 0 Å². The lowest BCUT2D eigenvalue weighted by Crippen LogP contribution is -2.30. The summed E-state index contributed by atoms with van der Waals surface area (Å²) in [7, 11) is 3.48. The van der Waals surface area contributed by atoms with Crippen LogP contribution in [0.4, 0.5) is 5.00 Å². The fraction of sp³-hybridized carbons (Fsp3) is 0.429. The molecule has 1 amide bonds. The number of fused-ring (bicyclic) bond motifs is 1. The van der Waals surface area contributed by atoms with Crippen LogP contribution < -0.4 is 10.1 Å². The zero-order valence-electron chi connectivity index (χ0n) is 16.3. The molecule has 0 bridgehead atoms. The molecule has 1 N–H and O–H groups in total. The van der Waals surface area contributed by atoms with Crippen molar-refractivity contribution in [3.8, 4) is 11.8 Å². The van der Waals surface area contributed by atoms with Crippen molar-refractivity contribution in [3.05, 3.63) is 44.8 Å². The minimum Gasteiger partial charge on any atom is -0.496 e. The van der Waals surface area contributed by atoms with Gasteiger partial charge in [0.05, 0.1) is 19.2 Å². The molecule has 2 aromatic rings. The maximum absolute atomic E-state index is 12.6. The van der Waals surface area contributed by atoms with Crippen molar-refractivity contribution in [2.75, 3.05) is 26.0 Å². The van der Waals surface area contributed by atoms with Crippen LogP contribution in [-0.2, 0) is 24.2 Å². The lowest BCUT2D eigenvalue weighted by molar-refractivity contribution is -0.117. The van der Waals surface area contributed by atoms with E-state index in [1.165, 1.54) is 4.88 Å². The predicted octanol–water partition coefficient (Wildman–Crippen LogP) is 4.48. The Morgan fingerprint density at radius 3 is 3.00 bits per heavy atom. The number of carbonyl (C=O) groups is 1. The van der Waals surface area contributed by atoms with Crippen molar-refractivity contribution in [2.45, 2.75) is 32.7 Å². The lowest BCUT2D eigenvalue weighted by atomic mass is 9.89. The number of hydrogen-bond donors (Lipinski definition) is 1. The Kier molecular flexibility index (Phi) is 6.61. The van der Waals surface area contributed by atoms with Crippen molar-refractivity contribution >= 4 is 33.8 Å². The van der Waals surface area contributed by atoms with Gasteiger partial charge in [-0.2, -0.15) is 5.26 Å². The number of likely N-dealkylation sites (N-methyl/N-ethyl adjacent to an activating group) is 1. The van der Waals surface area contributed by atoms with Crippen LogP contribution in [0.5, 0.6) is 5.75 Å². The summed E-state index contributed by atoms with van der Waals surface area (Å²) in [6.45, 7) is 2.96. The number of nitrogens with zero attached hydrogens (tertiary/aromatic N) is 2. The van der Waals surface area contributed by atoms with Crippen molar-refractivity contribution in [1.29, 1.82) is 5.26 Å². The van der Waals surface area contributed by atoms with Crippen LogP contribution in [0.3, 0.4) is 0 Å². The van der Waals surface area contributed by atoms with E-state index in [-0.39, 0.29) is 12.5 Å². The van der Waals surface area contributed by atoms with E-state index in [4.69, 9.17) is 16.3 Å². The Labute approximate surface area is 174 Å². The third-order valence-corrected chi connectivity index (χ3v) is 6.38. The lowest BCUT2D eigenvalue weighted by Gasteiger charge is -2.18. The number of nitrogens with one attached hydrogen (secondary N) is 1. The topological polar surface area (TPSA) is 65.4 Å². The van der Waals surface area contributed by atoms with Gasteiger partial charge in [0.1, 0.15) is 16.8 Å². The molecule has 1 aliphatic carbocycles. The van der Waals surface area contributed by atoms with Crippen LogP contribution in [0.25, 0.3) is 0 Å². The minimum absolute atomic E-state index is 0.133. The molecule has 1 aliphatic rings. The molecule has 1 heterocycles.